The second-order valence-corrected chi connectivity index (χ2v) is 7.61. The quantitative estimate of drug-likeness (QED) is 0.677. The number of aryl methyl sites for hydroxylation is 2. The second kappa shape index (κ2) is 7.78. The Morgan fingerprint density at radius 2 is 2.04 bits per heavy atom. The van der Waals surface area contributed by atoms with Crippen molar-refractivity contribution in [2.24, 2.45) is 5.92 Å². The van der Waals surface area contributed by atoms with Crippen LogP contribution < -0.4 is 5.32 Å². The molecule has 6 heteroatoms. The predicted molar refractivity (Wildman–Crippen MR) is 91.1 cm³/mol. The normalized spacial score (nSPS) is 22.2. The van der Waals surface area contributed by atoms with Gasteiger partial charge in [0, 0.05) is 6.04 Å². The van der Waals surface area contributed by atoms with E-state index in [1.54, 1.807) is 13.8 Å². The molecule has 1 aromatic heterocycles. The highest BCUT2D eigenvalue weighted by atomic mass is 32.2. The number of nitrogens with zero attached hydrogens (tertiary/aromatic N) is 3. The topological polar surface area (TPSA) is 78.7 Å². The Balaban J connectivity index is 2.05. The first-order valence-electron chi connectivity index (χ1n) is 8.14. The minimum atomic E-state index is -0.287. The summed E-state index contributed by atoms with van der Waals surface area (Å²) < 4.78 is 0. The molecule has 1 amide bonds. The number of hydrogen-bond acceptors (Lipinski definition) is 5. The molecule has 1 aliphatic carbocycles. The fourth-order valence-corrected chi connectivity index (χ4v) is 3.95. The third kappa shape index (κ3) is 4.44. The van der Waals surface area contributed by atoms with Crippen molar-refractivity contribution >= 4 is 17.7 Å². The maximum absolute atomic E-state index is 12.5. The molecule has 5 nitrogen and oxygen atoms in total. The summed E-state index contributed by atoms with van der Waals surface area (Å²) in [5.41, 5.74) is 1.13. The van der Waals surface area contributed by atoms with Crippen molar-refractivity contribution in [2.45, 2.75) is 69.7 Å². The number of carbonyl (C=O) groups is 1. The van der Waals surface area contributed by atoms with E-state index in [9.17, 15) is 10.1 Å². The molecule has 0 saturated heterocycles. The first-order chi connectivity index (χ1) is 10.9. The van der Waals surface area contributed by atoms with Gasteiger partial charge in [0.2, 0.25) is 5.91 Å². The van der Waals surface area contributed by atoms with Crippen molar-refractivity contribution < 1.29 is 4.79 Å². The number of thioether (sulfide) groups is 1. The Bertz CT molecular complexity index is 626. The molecule has 3 atom stereocenters. The van der Waals surface area contributed by atoms with Gasteiger partial charge in [-0.05, 0) is 39.5 Å². The molecular formula is C17H24N4OS. The number of amides is 1. The summed E-state index contributed by atoms with van der Waals surface area (Å²) in [6.07, 6.45) is 4.66. The molecule has 0 aliphatic heterocycles. The highest BCUT2D eigenvalue weighted by Crippen LogP contribution is 2.28. The third-order valence-electron chi connectivity index (χ3n) is 4.38. The van der Waals surface area contributed by atoms with Gasteiger partial charge in [0.15, 0.2) is 0 Å². The zero-order valence-electron chi connectivity index (χ0n) is 14.2. The molecule has 3 unspecified atom stereocenters. The van der Waals surface area contributed by atoms with E-state index in [0.717, 1.165) is 6.42 Å². The number of nitrogens with one attached hydrogen (secondary N) is 1. The van der Waals surface area contributed by atoms with Crippen LogP contribution in [0, 0.1) is 31.1 Å². The zero-order chi connectivity index (χ0) is 17.0. The van der Waals surface area contributed by atoms with E-state index in [1.807, 2.05) is 6.92 Å². The van der Waals surface area contributed by atoms with Gasteiger partial charge in [-0.25, -0.2) is 9.97 Å². The minimum Gasteiger partial charge on any atom is -0.352 e. The minimum absolute atomic E-state index is 0.0200. The van der Waals surface area contributed by atoms with Gasteiger partial charge in [-0.15, -0.1) is 0 Å². The van der Waals surface area contributed by atoms with E-state index in [0.29, 0.717) is 28.0 Å². The molecule has 1 saturated carbocycles. The van der Waals surface area contributed by atoms with E-state index in [-0.39, 0.29) is 17.2 Å². The fraction of sp³-hybridized carbons (Fsp3) is 0.647. The largest absolute Gasteiger partial charge is 0.352 e. The van der Waals surface area contributed by atoms with Crippen molar-refractivity contribution in [3.05, 3.63) is 17.1 Å². The van der Waals surface area contributed by atoms with E-state index < -0.39 is 0 Å². The van der Waals surface area contributed by atoms with Crippen molar-refractivity contribution in [3.8, 4) is 6.07 Å². The number of carbonyl (C=O) groups excluding carboxylic acids is 1. The maximum atomic E-state index is 12.5. The average Bonchev–Trinajstić information content (AvgIpc) is 2.49. The Hall–Kier alpha value is -1.61. The standard InChI is InChI=1S/C17H24N4OS/c1-10-7-5-6-8-15(10)21-16(22)12(3)23-17-14(9-18)11(2)19-13(4)20-17/h10,12,15H,5-8H2,1-4H3,(H,21,22). The summed E-state index contributed by atoms with van der Waals surface area (Å²) in [5.74, 6) is 1.17. The lowest BCUT2D eigenvalue weighted by molar-refractivity contribution is -0.121. The van der Waals surface area contributed by atoms with Crippen LogP contribution in [0.1, 0.15) is 56.6 Å². The number of rotatable bonds is 4. The van der Waals surface area contributed by atoms with Crippen LogP contribution in [-0.2, 0) is 4.79 Å². The van der Waals surface area contributed by atoms with Crippen LogP contribution in [-0.4, -0.2) is 27.2 Å². The average molecular weight is 332 g/mol. The zero-order valence-corrected chi connectivity index (χ0v) is 15.0. The van der Waals surface area contributed by atoms with Gasteiger partial charge in [-0.3, -0.25) is 4.79 Å². The van der Waals surface area contributed by atoms with Crippen LogP contribution >= 0.6 is 11.8 Å². The second-order valence-electron chi connectivity index (χ2n) is 6.29. The van der Waals surface area contributed by atoms with Gasteiger partial charge in [-0.2, -0.15) is 5.26 Å². The molecule has 23 heavy (non-hydrogen) atoms. The van der Waals surface area contributed by atoms with E-state index in [1.165, 1.54) is 31.0 Å². The first-order valence-corrected chi connectivity index (χ1v) is 9.02. The SMILES string of the molecule is Cc1nc(C)c(C#N)c(SC(C)C(=O)NC2CCCCC2C)n1. The summed E-state index contributed by atoms with van der Waals surface area (Å²) in [5, 5.41) is 12.8. The van der Waals surface area contributed by atoms with Crippen LogP contribution in [0.5, 0.6) is 0 Å². The van der Waals surface area contributed by atoms with Crippen molar-refractivity contribution in [3.63, 3.8) is 0 Å². The summed E-state index contributed by atoms with van der Waals surface area (Å²) >= 11 is 1.34. The van der Waals surface area contributed by atoms with Gasteiger partial charge >= 0.3 is 0 Å². The highest BCUT2D eigenvalue weighted by molar-refractivity contribution is 8.00. The Labute approximate surface area is 142 Å². The summed E-state index contributed by atoms with van der Waals surface area (Å²) in [7, 11) is 0. The summed E-state index contributed by atoms with van der Waals surface area (Å²) in [4.78, 5) is 21.0. The van der Waals surface area contributed by atoms with Crippen LogP contribution in [0.2, 0.25) is 0 Å². The fourth-order valence-electron chi connectivity index (χ4n) is 2.95. The Morgan fingerprint density at radius 3 is 2.70 bits per heavy atom. The van der Waals surface area contributed by atoms with Crippen LogP contribution in [0.4, 0.5) is 0 Å². The molecule has 1 fully saturated rings. The number of aromatic nitrogens is 2. The number of hydrogen-bond donors (Lipinski definition) is 1. The van der Waals surface area contributed by atoms with E-state index >= 15 is 0 Å². The lowest BCUT2D eigenvalue weighted by Gasteiger charge is -2.30. The van der Waals surface area contributed by atoms with Crippen LogP contribution in [0.25, 0.3) is 0 Å². The molecule has 1 heterocycles. The summed E-state index contributed by atoms with van der Waals surface area (Å²) in [6.45, 7) is 7.66. The van der Waals surface area contributed by atoms with Gasteiger partial charge < -0.3 is 5.32 Å². The van der Waals surface area contributed by atoms with Crippen LogP contribution in [0.3, 0.4) is 0 Å². The third-order valence-corrected chi connectivity index (χ3v) is 5.46. The molecule has 0 aromatic carbocycles. The number of nitriles is 1. The maximum Gasteiger partial charge on any atom is 0.233 e. The Morgan fingerprint density at radius 1 is 1.35 bits per heavy atom. The van der Waals surface area contributed by atoms with E-state index in [2.05, 4.69) is 28.3 Å². The summed E-state index contributed by atoms with van der Waals surface area (Å²) in [6, 6.07) is 2.41. The molecule has 0 spiro atoms. The smallest absolute Gasteiger partial charge is 0.233 e. The lowest BCUT2D eigenvalue weighted by atomic mass is 9.86. The Kier molecular flexibility index (Phi) is 6.00. The molecule has 1 N–H and O–H groups in total. The van der Waals surface area contributed by atoms with Crippen molar-refractivity contribution in [2.75, 3.05) is 0 Å². The van der Waals surface area contributed by atoms with Gasteiger partial charge in [0.05, 0.1) is 10.9 Å². The van der Waals surface area contributed by atoms with Gasteiger partial charge in [0.25, 0.3) is 0 Å². The molecule has 0 bridgehead atoms. The van der Waals surface area contributed by atoms with Crippen molar-refractivity contribution in [1.29, 1.82) is 5.26 Å². The van der Waals surface area contributed by atoms with Gasteiger partial charge in [0.1, 0.15) is 22.5 Å². The van der Waals surface area contributed by atoms with E-state index in [4.69, 9.17) is 0 Å². The van der Waals surface area contributed by atoms with Crippen molar-refractivity contribution in [1.82, 2.24) is 15.3 Å². The van der Waals surface area contributed by atoms with Crippen LogP contribution in [0.15, 0.2) is 5.03 Å². The molecule has 1 aromatic rings. The highest BCUT2D eigenvalue weighted by Gasteiger charge is 2.26. The van der Waals surface area contributed by atoms with Gasteiger partial charge in [-0.1, -0.05) is 31.5 Å². The molecule has 2 rings (SSSR count). The molecule has 124 valence electrons. The first kappa shape index (κ1) is 17.7. The molecule has 0 radical (unpaired) electrons. The monoisotopic (exact) mass is 332 g/mol. The molecular weight excluding hydrogens is 308 g/mol. The predicted octanol–water partition coefficient (Wildman–Crippen LogP) is 3.14. The molecule has 1 aliphatic rings. The lowest BCUT2D eigenvalue weighted by Crippen LogP contribution is -2.44.